The topological polar surface area (TPSA) is 26.0 Å². The minimum Gasteiger partial charge on any atom is -0.324 e. The van der Waals surface area contributed by atoms with Crippen molar-refractivity contribution < 1.29 is 13.2 Å². The van der Waals surface area contributed by atoms with Crippen LogP contribution in [0.1, 0.15) is 18.0 Å². The van der Waals surface area contributed by atoms with E-state index in [0.29, 0.717) is 6.42 Å². The van der Waals surface area contributed by atoms with Crippen molar-refractivity contribution in [2.45, 2.75) is 22.9 Å². The Bertz CT molecular complexity index is 345. The number of rotatable bonds is 4. The third-order valence-corrected chi connectivity index (χ3v) is 2.70. The number of benzene rings is 1. The second-order valence-electron chi connectivity index (χ2n) is 3.25. The van der Waals surface area contributed by atoms with E-state index in [9.17, 15) is 13.2 Å². The summed E-state index contributed by atoms with van der Waals surface area (Å²) in [6, 6.07) is 5.87. The Morgan fingerprint density at radius 3 is 2.31 bits per heavy atom. The zero-order chi connectivity index (χ0) is 12.2. The fraction of sp³-hybridized carbons (Fsp3) is 0.273. The lowest BCUT2D eigenvalue weighted by atomic mass is 10.1. The predicted molar refractivity (Wildman–Crippen MR) is 60.1 cm³/mol. The molecule has 0 aliphatic carbocycles. The number of nitrogens with two attached hydrogens (primary N) is 1. The molecular formula is C11H12F3NS. The minimum atomic E-state index is -4.25. The van der Waals surface area contributed by atoms with Gasteiger partial charge in [0.2, 0.25) is 0 Å². The molecule has 1 rings (SSSR count). The first-order valence-corrected chi connectivity index (χ1v) is 5.46. The molecule has 0 heterocycles. The van der Waals surface area contributed by atoms with Gasteiger partial charge in [-0.2, -0.15) is 13.2 Å². The Kier molecular flexibility index (Phi) is 4.44. The molecule has 0 fully saturated rings. The lowest BCUT2D eigenvalue weighted by Gasteiger charge is -2.10. The second-order valence-corrected chi connectivity index (χ2v) is 4.39. The lowest BCUT2D eigenvalue weighted by molar-refractivity contribution is -0.0328. The van der Waals surface area contributed by atoms with Gasteiger partial charge in [0.05, 0.1) is 0 Å². The van der Waals surface area contributed by atoms with Crippen LogP contribution in [-0.2, 0) is 0 Å². The third-order valence-electron chi connectivity index (χ3n) is 1.96. The highest BCUT2D eigenvalue weighted by Gasteiger charge is 2.29. The highest BCUT2D eigenvalue weighted by molar-refractivity contribution is 8.00. The van der Waals surface area contributed by atoms with Crippen LogP contribution in [0.25, 0.3) is 0 Å². The highest BCUT2D eigenvalue weighted by Crippen LogP contribution is 2.36. The molecule has 0 bridgehead atoms. The Labute approximate surface area is 96.5 Å². The van der Waals surface area contributed by atoms with Crippen LogP contribution in [0.4, 0.5) is 13.2 Å². The Balaban J connectivity index is 2.71. The molecule has 16 heavy (non-hydrogen) atoms. The summed E-state index contributed by atoms with van der Waals surface area (Å²) in [4.78, 5) is 0.169. The molecule has 5 heteroatoms. The van der Waals surface area contributed by atoms with Gasteiger partial charge in [0.1, 0.15) is 0 Å². The molecule has 0 saturated heterocycles. The van der Waals surface area contributed by atoms with Crippen molar-refractivity contribution in [1.82, 2.24) is 0 Å². The summed E-state index contributed by atoms with van der Waals surface area (Å²) in [7, 11) is 0. The van der Waals surface area contributed by atoms with Gasteiger partial charge in [0.25, 0.3) is 0 Å². The predicted octanol–water partition coefficient (Wildman–Crippen LogP) is 3.87. The molecule has 1 nitrogen and oxygen atoms in total. The Hall–Kier alpha value is -0.940. The molecule has 0 radical (unpaired) electrons. The Morgan fingerprint density at radius 1 is 1.31 bits per heavy atom. The molecular weight excluding hydrogens is 235 g/mol. The molecule has 0 saturated carbocycles. The fourth-order valence-corrected chi connectivity index (χ4v) is 1.77. The van der Waals surface area contributed by atoms with Crippen molar-refractivity contribution in [3.63, 3.8) is 0 Å². The summed E-state index contributed by atoms with van der Waals surface area (Å²) in [6.45, 7) is 3.56. The smallest absolute Gasteiger partial charge is 0.324 e. The maximum absolute atomic E-state index is 12.0. The highest BCUT2D eigenvalue weighted by atomic mass is 32.2. The van der Waals surface area contributed by atoms with Crippen LogP contribution in [0.15, 0.2) is 41.8 Å². The van der Waals surface area contributed by atoms with E-state index in [0.717, 1.165) is 5.56 Å². The first-order valence-electron chi connectivity index (χ1n) is 4.64. The molecule has 1 aromatic carbocycles. The minimum absolute atomic E-state index is 0.126. The quantitative estimate of drug-likeness (QED) is 0.645. The standard InChI is InChI=1S/C11H12F3NS/c1-2-3-10(15)8-4-6-9(7-5-8)16-11(12,13)14/h2,4-7,10H,1,3,15H2/t10-/m1/s1. The maximum atomic E-state index is 12.0. The van der Waals surface area contributed by atoms with Gasteiger partial charge in [0.15, 0.2) is 0 Å². The summed E-state index contributed by atoms with van der Waals surface area (Å²) in [5.74, 6) is 0. The molecule has 88 valence electrons. The van der Waals surface area contributed by atoms with Gasteiger partial charge < -0.3 is 5.73 Å². The number of hydrogen-bond donors (Lipinski definition) is 1. The fourth-order valence-electron chi connectivity index (χ4n) is 1.23. The number of thioether (sulfide) groups is 1. The average molecular weight is 247 g/mol. The summed E-state index contributed by atoms with van der Waals surface area (Å²) < 4.78 is 36.1. The van der Waals surface area contributed by atoms with Crippen LogP contribution in [-0.4, -0.2) is 5.51 Å². The van der Waals surface area contributed by atoms with Crippen molar-refractivity contribution >= 4 is 11.8 Å². The van der Waals surface area contributed by atoms with E-state index < -0.39 is 5.51 Å². The van der Waals surface area contributed by atoms with E-state index in [1.54, 1.807) is 18.2 Å². The molecule has 1 aromatic rings. The molecule has 0 unspecified atom stereocenters. The van der Waals surface area contributed by atoms with Gasteiger partial charge in [-0.05, 0) is 35.9 Å². The van der Waals surface area contributed by atoms with Crippen LogP contribution >= 0.6 is 11.8 Å². The second kappa shape index (κ2) is 5.41. The van der Waals surface area contributed by atoms with Crippen LogP contribution in [0.3, 0.4) is 0 Å². The van der Waals surface area contributed by atoms with E-state index in [1.807, 2.05) is 0 Å². The van der Waals surface area contributed by atoms with Gasteiger partial charge >= 0.3 is 5.51 Å². The largest absolute Gasteiger partial charge is 0.446 e. The zero-order valence-electron chi connectivity index (χ0n) is 8.50. The van der Waals surface area contributed by atoms with Crippen molar-refractivity contribution in [1.29, 1.82) is 0 Å². The van der Waals surface area contributed by atoms with Crippen molar-refractivity contribution in [3.8, 4) is 0 Å². The molecule has 0 aliphatic heterocycles. The number of hydrogen-bond acceptors (Lipinski definition) is 2. The molecule has 0 amide bonds. The van der Waals surface area contributed by atoms with E-state index >= 15 is 0 Å². The van der Waals surface area contributed by atoms with Gasteiger partial charge in [-0.25, -0.2) is 0 Å². The van der Waals surface area contributed by atoms with Crippen molar-refractivity contribution in [2.24, 2.45) is 5.73 Å². The summed E-state index contributed by atoms with van der Waals surface area (Å²) in [6.07, 6.45) is 2.29. The van der Waals surface area contributed by atoms with Gasteiger partial charge in [-0.3, -0.25) is 0 Å². The van der Waals surface area contributed by atoms with Gasteiger partial charge in [-0.1, -0.05) is 18.2 Å². The van der Waals surface area contributed by atoms with Crippen molar-refractivity contribution in [2.75, 3.05) is 0 Å². The van der Waals surface area contributed by atoms with E-state index in [4.69, 9.17) is 5.73 Å². The molecule has 1 atom stereocenters. The van der Waals surface area contributed by atoms with Crippen LogP contribution in [0.2, 0.25) is 0 Å². The monoisotopic (exact) mass is 247 g/mol. The molecule has 2 N–H and O–H groups in total. The van der Waals surface area contributed by atoms with Gasteiger partial charge in [0, 0.05) is 10.9 Å². The molecule has 0 aromatic heterocycles. The summed E-state index contributed by atoms with van der Waals surface area (Å²) >= 11 is -0.126. The lowest BCUT2D eigenvalue weighted by Crippen LogP contribution is -2.08. The normalized spacial score (nSPS) is 13.5. The van der Waals surface area contributed by atoms with Crippen LogP contribution < -0.4 is 5.73 Å². The summed E-state index contributed by atoms with van der Waals surface area (Å²) in [5, 5.41) is 0. The van der Waals surface area contributed by atoms with Crippen LogP contribution in [0.5, 0.6) is 0 Å². The number of alkyl halides is 3. The first-order chi connectivity index (χ1) is 7.42. The molecule has 0 aliphatic rings. The zero-order valence-corrected chi connectivity index (χ0v) is 9.31. The first kappa shape index (κ1) is 13.1. The van der Waals surface area contributed by atoms with Crippen LogP contribution in [0, 0.1) is 0 Å². The van der Waals surface area contributed by atoms with E-state index in [1.165, 1.54) is 12.1 Å². The third kappa shape index (κ3) is 4.28. The van der Waals surface area contributed by atoms with E-state index in [-0.39, 0.29) is 22.7 Å². The molecule has 0 spiro atoms. The Morgan fingerprint density at radius 2 is 1.88 bits per heavy atom. The van der Waals surface area contributed by atoms with Crippen molar-refractivity contribution in [3.05, 3.63) is 42.5 Å². The SMILES string of the molecule is C=CC[C@@H](N)c1ccc(SC(F)(F)F)cc1. The maximum Gasteiger partial charge on any atom is 0.446 e. The van der Waals surface area contributed by atoms with Gasteiger partial charge in [-0.15, -0.1) is 6.58 Å². The van der Waals surface area contributed by atoms with E-state index in [2.05, 4.69) is 6.58 Å². The number of halogens is 3. The summed E-state index contributed by atoms with van der Waals surface area (Å²) in [5.41, 5.74) is 2.35. The average Bonchev–Trinajstić information content (AvgIpc) is 2.16.